The van der Waals surface area contributed by atoms with Crippen LogP contribution in [0.3, 0.4) is 0 Å². The number of rotatable bonds is 9. The number of benzene rings is 1. The Morgan fingerprint density at radius 2 is 1.81 bits per heavy atom. The Kier molecular flexibility index (Phi) is 8.62. The normalized spacial score (nSPS) is 11.2. The van der Waals surface area contributed by atoms with Gasteiger partial charge in [0, 0.05) is 24.2 Å². The van der Waals surface area contributed by atoms with Gasteiger partial charge in [0.2, 0.25) is 0 Å². The summed E-state index contributed by atoms with van der Waals surface area (Å²) in [5.41, 5.74) is 0.796. The summed E-state index contributed by atoms with van der Waals surface area (Å²) in [4.78, 5) is 45.6. The zero-order valence-electron chi connectivity index (χ0n) is 14.7. The molecule has 26 heavy (non-hydrogen) atoms. The third-order valence-corrected chi connectivity index (χ3v) is 3.25. The molecule has 0 spiro atoms. The lowest BCUT2D eigenvalue weighted by Gasteiger charge is -2.13. The number of carbonyl (C=O) groups is 4. The number of esters is 1. The highest BCUT2D eigenvalue weighted by atomic mass is 16.5. The topological polar surface area (TPSA) is 134 Å². The Morgan fingerprint density at radius 3 is 2.38 bits per heavy atom. The van der Waals surface area contributed by atoms with Crippen molar-refractivity contribution in [2.45, 2.75) is 32.7 Å². The number of ether oxygens (including phenoxy) is 1. The Bertz CT molecular complexity index is 644. The van der Waals surface area contributed by atoms with Gasteiger partial charge in [0.05, 0.1) is 6.61 Å². The summed E-state index contributed by atoms with van der Waals surface area (Å²) < 4.78 is 4.82. The van der Waals surface area contributed by atoms with Crippen LogP contribution in [0, 0.1) is 0 Å². The van der Waals surface area contributed by atoms with Gasteiger partial charge in [-0.15, -0.1) is 0 Å². The van der Waals surface area contributed by atoms with Crippen LogP contribution in [-0.4, -0.2) is 48.2 Å². The van der Waals surface area contributed by atoms with Crippen molar-refractivity contribution in [2.24, 2.45) is 0 Å². The van der Waals surface area contributed by atoms with Crippen molar-refractivity contribution in [3.8, 4) is 0 Å². The van der Waals surface area contributed by atoms with Crippen LogP contribution in [0.5, 0.6) is 0 Å². The SMILES string of the molecule is CCOC(=O)C(C)NC(=O)c1ccc(NC(=O)NCCCC(=O)O)cc1. The second-order valence-corrected chi connectivity index (χ2v) is 5.40. The molecular weight excluding hydrogens is 342 g/mol. The number of carbonyl (C=O) groups excluding carboxylic acids is 3. The van der Waals surface area contributed by atoms with Gasteiger partial charge in [-0.2, -0.15) is 0 Å². The maximum Gasteiger partial charge on any atom is 0.328 e. The third-order valence-electron chi connectivity index (χ3n) is 3.25. The lowest BCUT2D eigenvalue weighted by molar-refractivity contribution is -0.145. The Morgan fingerprint density at radius 1 is 1.15 bits per heavy atom. The van der Waals surface area contributed by atoms with E-state index >= 15 is 0 Å². The Balaban J connectivity index is 2.47. The van der Waals surface area contributed by atoms with Gasteiger partial charge in [0.25, 0.3) is 5.91 Å². The highest BCUT2D eigenvalue weighted by Gasteiger charge is 2.17. The zero-order chi connectivity index (χ0) is 19.5. The molecule has 3 amide bonds. The average molecular weight is 365 g/mol. The first-order chi connectivity index (χ1) is 12.3. The van der Waals surface area contributed by atoms with Crippen molar-refractivity contribution >= 4 is 29.6 Å². The number of carboxylic acid groups (broad SMARTS) is 1. The fourth-order valence-corrected chi connectivity index (χ4v) is 1.93. The molecule has 1 aromatic rings. The van der Waals surface area contributed by atoms with E-state index in [4.69, 9.17) is 9.84 Å². The van der Waals surface area contributed by atoms with Crippen molar-refractivity contribution in [1.29, 1.82) is 0 Å². The lowest BCUT2D eigenvalue weighted by atomic mass is 10.2. The zero-order valence-corrected chi connectivity index (χ0v) is 14.7. The van der Waals surface area contributed by atoms with Crippen molar-refractivity contribution in [3.63, 3.8) is 0 Å². The highest BCUT2D eigenvalue weighted by Crippen LogP contribution is 2.10. The molecule has 142 valence electrons. The number of carboxylic acids is 1. The van der Waals surface area contributed by atoms with Crippen LogP contribution >= 0.6 is 0 Å². The van der Waals surface area contributed by atoms with Crippen LogP contribution in [-0.2, 0) is 14.3 Å². The first kappa shape index (κ1) is 20.9. The van der Waals surface area contributed by atoms with E-state index in [1.54, 1.807) is 19.1 Å². The second-order valence-electron chi connectivity index (χ2n) is 5.40. The first-order valence-corrected chi connectivity index (χ1v) is 8.17. The van der Waals surface area contributed by atoms with E-state index in [1.807, 2.05) is 0 Å². The Hall–Kier alpha value is -3.10. The molecule has 1 aromatic carbocycles. The predicted molar refractivity (Wildman–Crippen MR) is 93.9 cm³/mol. The molecule has 9 heteroatoms. The second kappa shape index (κ2) is 10.7. The van der Waals surface area contributed by atoms with E-state index in [0.29, 0.717) is 17.7 Å². The summed E-state index contributed by atoms with van der Waals surface area (Å²) in [6.45, 7) is 3.68. The quantitative estimate of drug-likeness (QED) is 0.386. The molecule has 0 aliphatic carbocycles. The largest absolute Gasteiger partial charge is 0.481 e. The number of hydrogen-bond acceptors (Lipinski definition) is 5. The van der Waals surface area contributed by atoms with Crippen molar-refractivity contribution < 1.29 is 29.0 Å². The van der Waals surface area contributed by atoms with Crippen LogP contribution in [0.2, 0.25) is 0 Å². The van der Waals surface area contributed by atoms with Crippen LogP contribution < -0.4 is 16.0 Å². The molecule has 9 nitrogen and oxygen atoms in total. The number of amides is 3. The number of nitrogens with one attached hydrogen (secondary N) is 3. The molecule has 0 heterocycles. The number of urea groups is 1. The summed E-state index contributed by atoms with van der Waals surface area (Å²) in [5, 5.41) is 16.1. The molecule has 4 N–H and O–H groups in total. The number of hydrogen-bond donors (Lipinski definition) is 4. The molecule has 1 unspecified atom stereocenters. The predicted octanol–water partition coefficient (Wildman–Crippen LogP) is 1.35. The van der Waals surface area contributed by atoms with Crippen molar-refractivity contribution in [2.75, 3.05) is 18.5 Å². The molecule has 1 atom stereocenters. The van der Waals surface area contributed by atoms with Gasteiger partial charge >= 0.3 is 18.0 Å². The maximum absolute atomic E-state index is 12.1. The molecule has 0 saturated carbocycles. The monoisotopic (exact) mass is 365 g/mol. The van der Waals surface area contributed by atoms with Crippen molar-refractivity contribution in [1.82, 2.24) is 10.6 Å². The molecular formula is C17H23N3O6. The van der Waals surface area contributed by atoms with Gasteiger partial charge in [-0.25, -0.2) is 9.59 Å². The molecule has 0 fully saturated rings. The Labute approximate surface area is 151 Å². The van der Waals surface area contributed by atoms with Crippen LogP contribution in [0.1, 0.15) is 37.0 Å². The summed E-state index contributed by atoms with van der Waals surface area (Å²) >= 11 is 0. The number of aliphatic carboxylic acids is 1. The molecule has 0 aliphatic rings. The minimum absolute atomic E-state index is 0.0195. The average Bonchev–Trinajstić information content (AvgIpc) is 2.59. The van der Waals surface area contributed by atoms with Gasteiger partial charge in [-0.05, 0) is 44.5 Å². The lowest BCUT2D eigenvalue weighted by Crippen LogP contribution is -2.39. The van der Waals surface area contributed by atoms with E-state index in [9.17, 15) is 19.2 Å². The third kappa shape index (κ3) is 7.65. The van der Waals surface area contributed by atoms with Crippen molar-refractivity contribution in [3.05, 3.63) is 29.8 Å². The highest BCUT2D eigenvalue weighted by molar-refractivity contribution is 5.97. The molecule has 0 bridgehead atoms. The van der Waals surface area contributed by atoms with E-state index < -0.39 is 29.9 Å². The van der Waals surface area contributed by atoms with Gasteiger partial charge in [0.15, 0.2) is 0 Å². The summed E-state index contributed by atoms with van der Waals surface area (Å²) in [7, 11) is 0. The fraction of sp³-hybridized carbons (Fsp3) is 0.412. The molecule has 0 aliphatic heterocycles. The van der Waals surface area contributed by atoms with Gasteiger partial charge < -0.3 is 25.8 Å². The standard InChI is InChI=1S/C17H23N3O6/c1-3-26-16(24)11(2)19-15(23)12-6-8-13(9-7-12)20-17(25)18-10-4-5-14(21)22/h6-9,11H,3-5,10H2,1-2H3,(H,19,23)(H,21,22)(H2,18,20,25). The van der Waals surface area contributed by atoms with Gasteiger partial charge in [-0.1, -0.05) is 0 Å². The van der Waals surface area contributed by atoms with E-state index in [0.717, 1.165) is 0 Å². The minimum atomic E-state index is -0.918. The first-order valence-electron chi connectivity index (χ1n) is 8.17. The fourth-order valence-electron chi connectivity index (χ4n) is 1.93. The smallest absolute Gasteiger partial charge is 0.328 e. The van der Waals surface area contributed by atoms with E-state index in [2.05, 4.69) is 16.0 Å². The van der Waals surface area contributed by atoms with Crippen LogP contribution in [0.4, 0.5) is 10.5 Å². The maximum atomic E-state index is 12.1. The minimum Gasteiger partial charge on any atom is -0.481 e. The molecule has 0 radical (unpaired) electrons. The van der Waals surface area contributed by atoms with Crippen LogP contribution in [0.15, 0.2) is 24.3 Å². The molecule has 0 aromatic heterocycles. The van der Waals surface area contributed by atoms with Crippen LogP contribution in [0.25, 0.3) is 0 Å². The summed E-state index contributed by atoms with van der Waals surface area (Å²) in [5.74, 6) is -1.87. The van der Waals surface area contributed by atoms with Gasteiger partial charge in [0.1, 0.15) is 6.04 Å². The summed E-state index contributed by atoms with van der Waals surface area (Å²) in [6, 6.07) is 4.86. The van der Waals surface area contributed by atoms with E-state index in [-0.39, 0.29) is 19.6 Å². The van der Waals surface area contributed by atoms with Gasteiger partial charge in [-0.3, -0.25) is 9.59 Å². The molecule has 1 rings (SSSR count). The summed E-state index contributed by atoms with van der Waals surface area (Å²) in [6.07, 6.45) is 0.314. The number of anilines is 1. The molecule has 0 saturated heterocycles. The van der Waals surface area contributed by atoms with E-state index in [1.165, 1.54) is 19.1 Å².